The fourth-order valence-corrected chi connectivity index (χ4v) is 2.91. The summed E-state index contributed by atoms with van der Waals surface area (Å²) in [5, 5.41) is 10.2. The van der Waals surface area contributed by atoms with Gasteiger partial charge < -0.3 is 10.4 Å². The minimum atomic E-state index is -0.503. The summed E-state index contributed by atoms with van der Waals surface area (Å²) in [6, 6.07) is 9.34. The molecule has 10 heteroatoms. The first kappa shape index (κ1) is 17.7. The van der Waals surface area contributed by atoms with Crippen molar-refractivity contribution in [3.63, 3.8) is 0 Å². The van der Waals surface area contributed by atoms with Gasteiger partial charge >= 0.3 is 0 Å². The Balaban J connectivity index is 1.64. The Morgan fingerprint density at radius 1 is 1.23 bits per heavy atom. The Morgan fingerprint density at radius 2 is 2.00 bits per heavy atom. The molecule has 26 heavy (non-hydrogen) atoms. The molecule has 1 aromatic carbocycles. The average Bonchev–Trinajstić information content (AvgIpc) is 3.19. The van der Waals surface area contributed by atoms with Crippen LogP contribution < -0.4 is 11.2 Å². The first-order valence-electron chi connectivity index (χ1n) is 7.51. The number of aryl methyl sites for hydroxylation is 1. The molecular formula is C16H15FN6O2S. The largest absolute Gasteiger partial charge is 0.347 e. The smallest absolute Gasteiger partial charge is 0.274 e. The van der Waals surface area contributed by atoms with Crippen LogP contribution in [0.5, 0.6) is 0 Å². The van der Waals surface area contributed by atoms with Crippen LogP contribution in [0.25, 0.3) is 11.4 Å². The molecule has 2 heterocycles. The van der Waals surface area contributed by atoms with Gasteiger partial charge in [0.1, 0.15) is 11.5 Å². The number of benzene rings is 1. The summed E-state index contributed by atoms with van der Waals surface area (Å²) in [6.45, 7) is 0. The lowest BCUT2D eigenvalue weighted by molar-refractivity contribution is -0.117. The molecule has 3 N–H and O–H groups in total. The highest BCUT2D eigenvalue weighted by Gasteiger charge is 2.17. The lowest BCUT2D eigenvalue weighted by Gasteiger charge is -2.06. The minimum Gasteiger partial charge on any atom is -0.347 e. The first-order chi connectivity index (χ1) is 12.5. The molecule has 0 aliphatic rings. The predicted octanol–water partition coefficient (Wildman–Crippen LogP) is 1.19. The molecule has 2 aromatic heterocycles. The molecule has 3 rings (SSSR count). The van der Waals surface area contributed by atoms with Crippen molar-refractivity contribution in [2.45, 2.75) is 5.16 Å². The number of nitrogens with zero attached hydrogens (tertiary/aromatic N) is 4. The molecule has 0 spiro atoms. The number of thioether (sulfide) groups is 1. The second-order valence-electron chi connectivity index (χ2n) is 5.33. The Bertz CT molecular complexity index is 967. The van der Waals surface area contributed by atoms with Crippen molar-refractivity contribution in [2.24, 2.45) is 7.05 Å². The van der Waals surface area contributed by atoms with Gasteiger partial charge in [-0.2, -0.15) is 0 Å². The van der Waals surface area contributed by atoms with Crippen LogP contribution in [0.4, 0.5) is 4.39 Å². The van der Waals surface area contributed by atoms with Crippen molar-refractivity contribution < 1.29 is 14.0 Å². The van der Waals surface area contributed by atoms with E-state index >= 15 is 0 Å². The second-order valence-corrected chi connectivity index (χ2v) is 6.27. The SMILES string of the molecule is Cn1cccc1C(=O)NC(=O)CSc1nnc(-c2ccccc2F)n1N. The van der Waals surface area contributed by atoms with Gasteiger partial charge in [0.25, 0.3) is 5.91 Å². The zero-order chi connectivity index (χ0) is 18.7. The fourth-order valence-electron chi connectivity index (χ4n) is 2.26. The molecule has 0 fully saturated rings. The van der Waals surface area contributed by atoms with Gasteiger partial charge in [-0.15, -0.1) is 10.2 Å². The molecule has 0 aliphatic heterocycles. The Morgan fingerprint density at radius 3 is 2.69 bits per heavy atom. The van der Waals surface area contributed by atoms with Crippen molar-refractivity contribution in [1.29, 1.82) is 0 Å². The van der Waals surface area contributed by atoms with Crippen molar-refractivity contribution >= 4 is 23.6 Å². The maximum Gasteiger partial charge on any atom is 0.274 e. The van der Waals surface area contributed by atoms with Gasteiger partial charge in [0.2, 0.25) is 11.1 Å². The normalized spacial score (nSPS) is 10.7. The third-order valence-corrected chi connectivity index (χ3v) is 4.48. The zero-order valence-corrected chi connectivity index (χ0v) is 14.5. The third kappa shape index (κ3) is 3.59. The molecule has 8 nitrogen and oxygen atoms in total. The summed E-state index contributed by atoms with van der Waals surface area (Å²) >= 11 is 0.991. The van der Waals surface area contributed by atoms with Crippen molar-refractivity contribution in [3.8, 4) is 11.4 Å². The number of nitrogens with two attached hydrogens (primary N) is 1. The molecule has 3 aromatic rings. The van der Waals surface area contributed by atoms with Gasteiger partial charge in [0, 0.05) is 13.2 Å². The maximum atomic E-state index is 13.8. The number of halogens is 1. The van der Waals surface area contributed by atoms with Crippen LogP contribution in [0.3, 0.4) is 0 Å². The predicted molar refractivity (Wildman–Crippen MR) is 94.2 cm³/mol. The van der Waals surface area contributed by atoms with Crippen LogP contribution in [0.2, 0.25) is 0 Å². The summed E-state index contributed by atoms with van der Waals surface area (Å²) in [7, 11) is 1.70. The summed E-state index contributed by atoms with van der Waals surface area (Å²) in [5.41, 5.74) is 0.574. The topological polar surface area (TPSA) is 108 Å². The number of nitrogen functional groups attached to an aromatic ring is 1. The van der Waals surface area contributed by atoms with Crippen LogP contribution in [0, 0.1) is 5.82 Å². The second kappa shape index (κ2) is 7.40. The maximum absolute atomic E-state index is 13.8. The van der Waals surface area contributed by atoms with E-state index in [1.165, 1.54) is 12.1 Å². The molecule has 0 saturated carbocycles. The molecule has 134 valence electrons. The van der Waals surface area contributed by atoms with Crippen LogP contribution in [0.15, 0.2) is 47.8 Å². The molecule has 2 amide bonds. The standard InChI is InChI=1S/C16H15FN6O2S/c1-22-8-4-7-12(22)15(25)19-13(24)9-26-16-21-20-14(23(16)18)10-5-2-3-6-11(10)17/h2-8H,9,18H2,1H3,(H,19,24,25). The molecular weight excluding hydrogens is 359 g/mol. The number of amides is 2. The van der Waals surface area contributed by atoms with E-state index < -0.39 is 17.6 Å². The van der Waals surface area contributed by atoms with Crippen molar-refractivity contribution in [3.05, 3.63) is 54.1 Å². The number of hydrogen-bond acceptors (Lipinski definition) is 6. The molecule has 0 unspecified atom stereocenters. The minimum absolute atomic E-state index is 0.0945. The monoisotopic (exact) mass is 374 g/mol. The summed E-state index contributed by atoms with van der Waals surface area (Å²) < 4.78 is 16.6. The first-order valence-corrected chi connectivity index (χ1v) is 8.49. The van der Waals surface area contributed by atoms with Crippen LogP contribution >= 0.6 is 11.8 Å². The summed E-state index contributed by atoms with van der Waals surface area (Å²) in [6.07, 6.45) is 1.70. The van der Waals surface area contributed by atoms with Crippen LogP contribution in [0.1, 0.15) is 10.5 Å². The number of carbonyl (C=O) groups excluding carboxylic acids is 2. The third-order valence-electron chi connectivity index (χ3n) is 3.54. The Kier molecular flexibility index (Phi) is 5.03. The number of hydrogen-bond donors (Lipinski definition) is 2. The highest BCUT2D eigenvalue weighted by Crippen LogP contribution is 2.23. The lowest BCUT2D eigenvalue weighted by atomic mass is 10.2. The van der Waals surface area contributed by atoms with Crippen LogP contribution in [-0.2, 0) is 11.8 Å². The van der Waals surface area contributed by atoms with Gasteiger partial charge in [0.15, 0.2) is 5.82 Å². The molecule has 0 saturated heterocycles. The Labute approximate surface area is 152 Å². The van der Waals surface area contributed by atoms with Gasteiger partial charge in [-0.05, 0) is 24.3 Å². The molecule has 0 radical (unpaired) electrons. The van der Waals surface area contributed by atoms with E-state index in [0.29, 0.717) is 5.69 Å². The lowest BCUT2D eigenvalue weighted by Crippen LogP contribution is -2.33. The van der Waals surface area contributed by atoms with E-state index in [1.54, 1.807) is 42.1 Å². The van der Waals surface area contributed by atoms with E-state index in [0.717, 1.165) is 16.4 Å². The van der Waals surface area contributed by atoms with Crippen molar-refractivity contribution in [1.82, 2.24) is 24.8 Å². The van der Waals surface area contributed by atoms with E-state index in [-0.39, 0.29) is 22.3 Å². The summed E-state index contributed by atoms with van der Waals surface area (Å²) in [4.78, 5) is 23.9. The number of carbonyl (C=O) groups is 2. The number of aromatic nitrogens is 4. The Hall–Kier alpha value is -3.14. The molecule has 0 bridgehead atoms. The number of imide groups is 1. The van der Waals surface area contributed by atoms with E-state index in [9.17, 15) is 14.0 Å². The average molecular weight is 374 g/mol. The number of nitrogens with one attached hydrogen (secondary N) is 1. The highest BCUT2D eigenvalue weighted by atomic mass is 32.2. The van der Waals surface area contributed by atoms with Gasteiger partial charge in [-0.25, -0.2) is 9.07 Å². The zero-order valence-electron chi connectivity index (χ0n) is 13.7. The summed E-state index contributed by atoms with van der Waals surface area (Å²) in [5.74, 6) is 4.46. The van der Waals surface area contributed by atoms with E-state index in [4.69, 9.17) is 5.84 Å². The fraction of sp³-hybridized carbons (Fsp3) is 0.125. The molecule has 0 aliphatic carbocycles. The molecule has 0 atom stereocenters. The number of rotatable bonds is 5. The highest BCUT2D eigenvalue weighted by molar-refractivity contribution is 7.99. The van der Waals surface area contributed by atoms with Gasteiger partial charge in [-0.1, -0.05) is 23.9 Å². The van der Waals surface area contributed by atoms with Crippen LogP contribution in [-0.4, -0.2) is 37.0 Å². The van der Waals surface area contributed by atoms with E-state index in [1.807, 2.05) is 0 Å². The van der Waals surface area contributed by atoms with Crippen molar-refractivity contribution in [2.75, 3.05) is 11.6 Å². The van der Waals surface area contributed by atoms with E-state index in [2.05, 4.69) is 15.5 Å². The quantitative estimate of drug-likeness (QED) is 0.513. The van der Waals surface area contributed by atoms with Gasteiger partial charge in [-0.3, -0.25) is 14.9 Å². The van der Waals surface area contributed by atoms with Gasteiger partial charge in [0.05, 0.1) is 11.3 Å².